The second-order valence-corrected chi connectivity index (χ2v) is 3.33. The Kier molecular flexibility index (Phi) is 1.26. The summed E-state index contributed by atoms with van der Waals surface area (Å²) < 4.78 is 5.75. The molecule has 6 heteroatoms. The minimum absolute atomic E-state index is 0.561. The number of nitrogens with zero attached hydrogens (tertiary/aromatic N) is 4. The Hall–Kier alpha value is -1.85. The lowest BCUT2D eigenvalue weighted by Crippen LogP contribution is -2.07. The molecule has 2 heterocycles. The Balaban J connectivity index is 2.31. The molecule has 0 spiro atoms. The average Bonchev–Trinajstić information content (AvgIpc) is 2.73. The highest BCUT2D eigenvalue weighted by molar-refractivity contribution is 5.62. The zero-order valence-corrected chi connectivity index (χ0v) is 7.56. The molecule has 0 aromatic carbocycles. The molecule has 1 aliphatic rings. The summed E-state index contributed by atoms with van der Waals surface area (Å²) in [5.74, 6) is 0.561. The highest BCUT2D eigenvalue weighted by atomic mass is 16.6. The highest BCUT2D eigenvalue weighted by Gasteiger charge is 2.27. The molecule has 1 N–H and O–H groups in total. The van der Waals surface area contributed by atoms with E-state index in [2.05, 4.69) is 19.9 Å². The average molecular weight is 192 g/mol. The van der Waals surface area contributed by atoms with Crippen LogP contribution in [0.25, 0.3) is 11.4 Å². The maximum atomic E-state index is 9.62. The Bertz CT molecular complexity index is 499. The molecule has 2 aromatic heterocycles. The van der Waals surface area contributed by atoms with Crippen LogP contribution in [0.15, 0.2) is 4.63 Å². The Morgan fingerprint density at radius 1 is 1.29 bits per heavy atom. The van der Waals surface area contributed by atoms with Gasteiger partial charge in [0, 0.05) is 6.42 Å². The fourth-order valence-electron chi connectivity index (χ4n) is 1.77. The van der Waals surface area contributed by atoms with Crippen molar-refractivity contribution in [2.45, 2.75) is 19.8 Å². The fourth-order valence-corrected chi connectivity index (χ4v) is 1.77. The third-order valence-corrected chi connectivity index (χ3v) is 2.49. The van der Waals surface area contributed by atoms with E-state index in [4.69, 9.17) is 0 Å². The first kappa shape index (κ1) is 7.54. The van der Waals surface area contributed by atoms with Crippen molar-refractivity contribution in [2.24, 2.45) is 0 Å². The largest absolute Gasteiger partial charge is 0.427 e. The number of hydrogen-bond donors (Lipinski definition) is 1. The van der Waals surface area contributed by atoms with Crippen molar-refractivity contribution in [3.05, 3.63) is 17.2 Å². The molecule has 2 aromatic rings. The quantitative estimate of drug-likeness (QED) is 0.617. The number of aromatic nitrogens is 4. The van der Waals surface area contributed by atoms with E-state index in [-0.39, 0.29) is 0 Å². The van der Waals surface area contributed by atoms with Gasteiger partial charge in [0.1, 0.15) is 17.2 Å². The first-order valence-corrected chi connectivity index (χ1v) is 4.36. The van der Waals surface area contributed by atoms with Crippen LogP contribution in [-0.2, 0) is 12.8 Å². The van der Waals surface area contributed by atoms with Gasteiger partial charge in [-0.1, -0.05) is 5.16 Å². The molecule has 0 amide bonds. The van der Waals surface area contributed by atoms with Gasteiger partial charge in [-0.3, -0.25) is 0 Å². The van der Waals surface area contributed by atoms with Crippen molar-refractivity contribution in [1.82, 2.24) is 20.0 Å². The second-order valence-electron chi connectivity index (χ2n) is 3.33. The van der Waals surface area contributed by atoms with Crippen LogP contribution in [0.4, 0.5) is 0 Å². The van der Waals surface area contributed by atoms with Crippen molar-refractivity contribution >= 4 is 0 Å². The van der Waals surface area contributed by atoms with Gasteiger partial charge in [0.2, 0.25) is 0 Å². The summed E-state index contributed by atoms with van der Waals surface area (Å²) in [5.41, 5.74) is 2.94. The third-order valence-electron chi connectivity index (χ3n) is 2.49. The molecule has 3 rings (SSSR count). The zero-order chi connectivity index (χ0) is 9.71. The van der Waals surface area contributed by atoms with Gasteiger partial charge in [0.05, 0.1) is 5.69 Å². The summed E-state index contributed by atoms with van der Waals surface area (Å²) in [6.07, 6.45) is 1.45. The Morgan fingerprint density at radius 2 is 2.14 bits per heavy atom. The highest BCUT2D eigenvalue weighted by Crippen LogP contribution is 2.30. The van der Waals surface area contributed by atoms with Gasteiger partial charge in [0.15, 0.2) is 5.69 Å². The van der Waals surface area contributed by atoms with Crippen LogP contribution in [0, 0.1) is 6.92 Å². The molecule has 0 saturated carbocycles. The topological polar surface area (TPSA) is 77.0 Å². The maximum absolute atomic E-state index is 9.62. The van der Waals surface area contributed by atoms with Crippen LogP contribution in [0.5, 0.6) is 0 Å². The van der Waals surface area contributed by atoms with E-state index in [9.17, 15) is 5.21 Å². The van der Waals surface area contributed by atoms with Crippen molar-refractivity contribution < 1.29 is 9.84 Å². The second kappa shape index (κ2) is 2.34. The predicted molar refractivity (Wildman–Crippen MR) is 44.8 cm³/mol. The van der Waals surface area contributed by atoms with Crippen molar-refractivity contribution in [3.63, 3.8) is 0 Å². The van der Waals surface area contributed by atoms with Gasteiger partial charge < -0.3 is 5.21 Å². The molecule has 14 heavy (non-hydrogen) atoms. The van der Waals surface area contributed by atoms with E-state index in [0.717, 1.165) is 22.5 Å². The fraction of sp³-hybridized carbons (Fsp3) is 0.375. The molecular formula is C8H8N4O2. The summed E-state index contributed by atoms with van der Waals surface area (Å²) >= 11 is 0. The number of aryl methyl sites for hydroxylation is 2. The molecule has 0 aliphatic heterocycles. The smallest absolute Gasteiger partial charge is 0.158 e. The standard InChI is InChI=1S/C8H8N4O2/c1-4-9-8-6(12(4)13)3-2-5-7(8)11-14-10-5/h13H,2-3H2,1H3. The molecule has 6 nitrogen and oxygen atoms in total. The molecule has 0 bridgehead atoms. The molecule has 0 fully saturated rings. The van der Waals surface area contributed by atoms with Crippen LogP contribution in [0.3, 0.4) is 0 Å². The van der Waals surface area contributed by atoms with Crippen molar-refractivity contribution in [1.29, 1.82) is 0 Å². The lowest BCUT2D eigenvalue weighted by Gasteiger charge is -2.07. The number of imidazole rings is 1. The van der Waals surface area contributed by atoms with E-state index in [1.165, 1.54) is 0 Å². The molecule has 72 valence electrons. The van der Waals surface area contributed by atoms with Gasteiger partial charge in [-0.25, -0.2) is 9.61 Å². The monoisotopic (exact) mass is 192 g/mol. The van der Waals surface area contributed by atoms with Crippen LogP contribution < -0.4 is 0 Å². The summed E-state index contributed by atoms with van der Waals surface area (Å²) in [4.78, 5) is 4.21. The van der Waals surface area contributed by atoms with Gasteiger partial charge in [-0.15, -0.1) is 0 Å². The molecule has 0 radical (unpaired) electrons. The first-order valence-electron chi connectivity index (χ1n) is 4.36. The zero-order valence-electron chi connectivity index (χ0n) is 7.56. The number of hydrogen-bond acceptors (Lipinski definition) is 5. The van der Waals surface area contributed by atoms with E-state index in [0.29, 0.717) is 23.6 Å². The van der Waals surface area contributed by atoms with Gasteiger partial charge in [-0.05, 0) is 18.5 Å². The number of fused-ring (bicyclic) bond motifs is 3. The lowest BCUT2D eigenvalue weighted by molar-refractivity contribution is 0.170. The van der Waals surface area contributed by atoms with Gasteiger partial charge in [0.25, 0.3) is 0 Å². The van der Waals surface area contributed by atoms with E-state index < -0.39 is 0 Å². The Labute approximate surface area is 79.1 Å². The number of rotatable bonds is 0. The minimum atomic E-state index is 0.561. The van der Waals surface area contributed by atoms with E-state index in [1.54, 1.807) is 6.92 Å². The molecule has 1 aliphatic carbocycles. The van der Waals surface area contributed by atoms with Crippen molar-refractivity contribution in [2.75, 3.05) is 0 Å². The van der Waals surface area contributed by atoms with Crippen LogP contribution in [0.2, 0.25) is 0 Å². The molecule has 0 atom stereocenters. The summed E-state index contributed by atoms with van der Waals surface area (Å²) in [6, 6.07) is 0. The molecule has 0 saturated heterocycles. The predicted octanol–water partition coefficient (Wildman–Crippen LogP) is 0.577. The van der Waals surface area contributed by atoms with Crippen LogP contribution in [0.1, 0.15) is 17.2 Å². The molecular weight excluding hydrogens is 184 g/mol. The van der Waals surface area contributed by atoms with E-state index >= 15 is 0 Å². The summed E-state index contributed by atoms with van der Waals surface area (Å²) in [6.45, 7) is 1.74. The SMILES string of the molecule is Cc1nc2c(n1O)CCc1nonc1-2. The first-order chi connectivity index (χ1) is 6.77. The lowest BCUT2D eigenvalue weighted by atomic mass is 10.0. The summed E-state index contributed by atoms with van der Waals surface area (Å²) in [5, 5.41) is 17.2. The van der Waals surface area contributed by atoms with Crippen LogP contribution >= 0.6 is 0 Å². The maximum Gasteiger partial charge on any atom is 0.158 e. The van der Waals surface area contributed by atoms with Gasteiger partial charge in [-0.2, -0.15) is 4.73 Å². The molecule has 0 unspecified atom stereocenters. The van der Waals surface area contributed by atoms with E-state index in [1.807, 2.05) is 0 Å². The Morgan fingerprint density at radius 3 is 3.00 bits per heavy atom. The minimum Gasteiger partial charge on any atom is -0.427 e. The summed E-state index contributed by atoms with van der Waals surface area (Å²) in [7, 11) is 0. The normalized spacial score (nSPS) is 13.8. The van der Waals surface area contributed by atoms with Crippen molar-refractivity contribution in [3.8, 4) is 11.4 Å². The van der Waals surface area contributed by atoms with Gasteiger partial charge >= 0.3 is 0 Å². The third kappa shape index (κ3) is 0.773. The van der Waals surface area contributed by atoms with Crippen LogP contribution in [-0.4, -0.2) is 25.2 Å².